The Labute approximate surface area is 320 Å². The molecule has 1 atom stereocenters. The first kappa shape index (κ1) is 43.7. The normalized spacial score (nSPS) is 13.9. The molecule has 0 saturated heterocycles. The smallest absolute Gasteiger partial charge is 0.312 e. The van der Waals surface area contributed by atoms with Crippen LogP contribution in [-0.4, -0.2) is 54.9 Å². The van der Waals surface area contributed by atoms with Crippen molar-refractivity contribution >= 4 is 29.1 Å². The second-order valence-electron chi connectivity index (χ2n) is 14.8. The summed E-state index contributed by atoms with van der Waals surface area (Å²) in [5, 5.41) is 7.94. The molecule has 1 aromatic heterocycles. The largest absolute Gasteiger partial charge is 0.426 e. The molecular weight excluding hydrogens is 667 g/mol. The molecule has 1 heterocycles. The Morgan fingerprint density at radius 3 is 1.88 bits per heavy atom. The second kappa shape index (κ2) is 27.8. The molecule has 8 heteroatoms. The Morgan fingerprint density at radius 1 is 0.731 bits per heavy atom. The van der Waals surface area contributed by atoms with E-state index in [9.17, 15) is 14.4 Å². The van der Waals surface area contributed by atoms with Crippen molar-refractivity contribution in [1.82, 2.24) is 15.5 Å². The third kappa shape index (κ3) is 18.9. The van der Waals surface area contributed by atoms with E-state index in [1.165, 1.54) is 99.5 Å². The maximum absolute atomic E-state index is 12.7. The second-order valence-corrected chi connectivity index (χ2v) is 15.9. The number of nitrogens with zero attached hydrogens (tertiary/aromatic N) is 1. The van der Waals surface area contributed by atoms with Gasteiger partial charge in [0.2, 0.25) is 11.8 Å². The van der Waals surface area contributed by atoms with Crippen LogP contribution < -0.4 is 15.4 Å². The molecule has 2 aromatic rings. The monoisotopic (exact) mass is 738 g/mol. The van der Waals surface area contributed by atoms with Crippen LogP contribution in [0.2, 0.25) is 0 Å². The minimum Gasteiger partial charge on any atom is -0.426 e. The summed E-state index contributed by atoms with van der Waals surface area (Å²) in [4.78, 5) is 40.6. The van der Waals surface area contributed by atoms with Crippen molar-refractivity contribution in [3.05, 3.63) is 51.7 Å². The summed E-state index contributed by atoms with van der Waals surface area (Å²) in [6.07, 6.45) is 26.5. The van der Waals surface area contributed by atoms with E-state index in [1.807, 2.05) is 30.4 Å². The highest BCUT2D eigenvalue weighted by atomic mass is 32.1. The Bertz CT molecular complexity index is 1250. The van der Waals surface area contributed by atoms with Gasteiger partial charge in [-0.25, -0.2) is 0 Å². The van der Waals surface area contributed by atoms with Crippen LogP contribution in [0.4, 0.5) is 0 Å². The van der Waals surface area contributed by atoms with Crippen LogP contribution in [0.3, 0.4) is 0 Å². The lowest BCUT2D eigenvalue weighted by Crippen LogP contribution is -2.41. The first-order valence-electron chi connectivity index (χ1n) is 21.1. The summed E-state index contributed by atoms with van der Waals surface area (Å²) in [7, 11) is 0. The third-order valence-electron chi connectivity index (χ3n) is 10.5. The van der Waals surface area contributed by atoms with E-state index < -0.39 is 0 Å². The molecule has 52 heavy (non-hydrogen) atoms. The number of benzene rings is 1. The summed E-state index contributed by atoms with van der Waals surface area (Å²) in [5.41, 5.74) is 2.47. The number of fused-ring (bicyclic) bond motifs is 1. The minimum absolute atomic E-state index is 0.0306. The average molecular weight is 738 g/mol. The van der Waals surface area contributed by atoms with Crippen LogP contribution in [-0.2, 0) is 33.6 Å². The molecular formula is C44H71N3O4S. The zero-order valence-corrected chi connectivity index (χ0v) is 33.6. The molecule has 0 aliphatic heterocycles. The number of unbranched alkanes of at least 4 members (excludes halogenated alkanes) is 15. The predicted molar refractivity (Wildman–Crippen MR) is 217 cm³/mol. The molecule has 1 aromatic carbocycles. The number of thiophene rings is 1. The van der Waals surface area contributed by atoms with Crippen LogP contribution >= 0.6 is 11.3 Å². The maximum atomic E-state index is 12.7. The van der Waals surface area contributed by atoms with Gasteiger partial charge in [-0.2, -0.15) is 0 Å². The standard InChI is InChI=1S/C44H71N3O4S/c1-3-33-47(34-31-39-24-22-35-52-39)38-28-29-40-37(36-38)23-21-25-41(40)51-44(50)30-32-46-43(49)27-20-18-16-14-12-10-8-6-5-7-9-11-13-15-17-19-26-42(48)45-4-2/h21-25,35,38H,3-20,26-34,36H2,1-2H3,(H,45,48)(H,46,49)/t38-/m0/s1. The fraction of sp³-hybridized carbons (Fsp3) is 0.705. The number of carbonyl (C=O) groups excluding carboxylic acids is 3. The molecule has 0 radical (unpaired) electrons. The molecule has 1 aliphatic rings. The SMILES string of the molecule is CCCN(CCc1cccs1)[C@H]1CCc2c(cccc2OC(=O)CCNC(=O)CCCCCCCCCCCCCCCCCCC(=O)NCC)C1. The topological polar surface area (TPSA) is 87.7 Å². The van der Waals surface area contributed by atoms with Crippen LogP contribution in [0.1, 0.15) is 165 Å². The maximum Gasteiger partial charge on any atom is 0.312 e. The predicted octanol–water partition coefficient (Wildman–Crippen LogP) is 10.1. The summed E-state index contributed by atoms with van der Waals surface area (Å²) < 4.78 is 5.83. The fourth-order valence-electron chi connectivity index (χ4n) is 7.53. The first-order valence-corrected chi connectivity index (χ1v) is 22.0. The molecule has 3 rings (SSSR count). The molecule has 0 spiro atoms. The van der Waals surface area contributed by atoms with Crippen molar-refractivity contribution in [3.8, 4) is 5.75 Å². The first-order chi connectivity index (χ1) is 25.5. The van der Waals surface area contributed by atoms with Gasteiger partial charge in [0.1, 0.15) is 5.75 Å². The number of hydrogen-bond donors (Lipinski definition) is 2. The van der Waals surface area contributed by atoms with Gasteiger partial charge in [-0.05, 0) is 87.1 Å². The number of nitrogens with one attached hydrogen (secondary N) is 2. The van der Waals surface area contributed by atoms with Gasteiger partial charge < -0.3 is 15.4 Å². The molecule has 7 nitrogen and oxygen atoms in total. The van der Waals surface area contributed by atoms with Gasteiger partial charge in [0.05, 0.1) is 6.42 Å². The zero-order valence-electron chi connectivity index (χ0n) is 32.8. The number of amides is 2. The molecule has 292 valence electrons. The molecule has 0 saturated carbocycles. The van der Waals surface area contributed by atoms with Crippen molar-refractivity contribution in [2.75, 3.05) is 26.2 Å². The molecule has 2 N–H and O–H groups in total. The summed E-state index contributed by atoms with van der Waals surface area (Å²) in [6, 6.07) is 11.0. The lowest BCUT2D eigenvalue weighted by molar-refractivity contribution is -0.134. The van der Waals surface area contributed by atoms with Gasteiger partial charge in [-0.1, -0.05) is 115 Å². The number of ether oxygens (including phenoxy) is 1. The van der Waals surface area contributed by atoms with Gasteiger partial charge in [-0.3, -0.25) is 19.3 Å². The number of rotatable bonds is 30. The lowest BCUT2D eigenvalue weighted by Gasteiger charge is -2.35. The molecule has 1 aliphatic carbocycles. The van der Waals surface area contributed by atoms with E-state index in [0.717, 1.165) is 71.0 Å². The van der Waals surface area contributed by atoms with Crippen molar-refractivity contribution in [1.29, 1.82) is 0 Å². The Hall–Kier alpha value is -2.71. The Balaban J connectivity index is 1.14. The summed E-state index contributed by atoms with van der Waals surface area (Å²) in [5.74, 6) is 0.638. The Morgan fingerprint density at radius 2 is 1.33 bits per heavy atom. The fourth-order valence-corrected chi connectivity index (χ4v) is 8.23. The molecule has 0 bridgehead atoms. The summed E-state index contributed by atoms with van der Waals surface area (Å²) in [6.45, 7) is 7.48. The van der Waals surface area contributed by atoms with Crippen LogP contribution in [0, 0.1) is 0 Å². The zero-order chi connectivity index (χ0) is 37.1. The number of esters is 1. The van der Waals surface area contributed by atoms with E-state index in [0.29, 0.717) is 31.2 Å². The quantitative estimate of drug-likeness (QED) is 0.0474. The third-order valence-corrected chi connectivity index (χ3v) is 11.4. The highest BCUT2D eigenvalue weighted by molar-refractivity contribution is 7.09. The van der Waals surface area contributed by atoms with Crippen LogP contribution in [0.25, 0.3) is 0 Å². The van der Waals surface area contributed by atoms with Crippen molar-refractivity contribution in [2.24, 2.45) is 0 Å². The van der Waals surface area contributed by atoms with Crippen LogP contribution in [0.5, 0.6) is 5.75 Å². The molecule has 2 amide bonds. The van der Waals surface area contributed by atoms with Gasteiger partial charge in [-0.15, -0.1) is 11.3 Å². The van der Waals surface area contributed by atoms with Gasteiger partial charge in [0.25, 0.3) is 0 Å². The number of carbonyl (C=O) groups is 3. The van der Waals surface area contributed by atoms with Gasteiger partial charge in [0.15, 0.2) is 0 Å². The molecule has 0 unspecified atom stereocenters. The van der Waals surface area contributed by atoms with E-state index in [2.05, 4.69) is 46.0 Å². The van der Waals surface area contributed by atoms with Crippen molar-refractivity contribution < 1.29 is 19.1 Å². The van der Waals surface area contributed by atoms with Crippen molar-refractivity contribution in [2.45, 2.75) is 174 Å². The summed E-state index contributed by atoms with van der Waals surface area (Å²) >= 11 is 1.84. The minimum atomic E-state index is -0.281. The van der Waals surface area contributed by atoms with Gasteiger partial charge in [0, 0.05) is 43.4 Å². The number of hydrogen-bond acceptors (Lipinski definition) is 6. The van der Waals surface area contributed by atoms with E-state index in [4.69, 9.17) is 4.74 Å². The van der Waals surface area contributed by atoms with E-state index in [1.54, 1.807) is 0 Å². The van der Waals surface area contributed by atoms with Crippen molar-refractivity contribution in [3.63, 3.8) is 0 Å². The van der Waals surface area contributed by atoms with Gasteiger partial charge >= 0.3 is 5.97 Å². The molecule has 0 fully saturated rings. The van der Waals surface area contributed by atoms with E-state index >= 15 is 0 Å². The van der Waals surface area contributed by atoms with E-state index in [-0.39, 0.29) is 24.2 Å². The van der Waals surface area contributed by atoms with Crippen LogP contribution in [0.15, 0.2) is 35.7 Å². The highest BCUT2D eigenvalue weighted by Crippen LogP contribution is 2.32. The lowest BCUT2D eigenvalue weighted by atomic mass is 9.86. The average Bonchev–Trinajstić information content (AvgIpc) is 3.67. The Kier molecular flexibility index (Phi) is 23.4. The highest BCUT2D eigenvalue weighted by Gasteiger charge is 2.26.